The summed E-state index contributed by atoms with van der Waals surface area (Å²) in [5.41, 5.74) is 3.99. The van der Waals surface area contributed by atoms with Gasteiger partial charge in [0.1, 0.15) is 0 Å². The molecule has 1 aromatic heterocycles. The van der Waals surface area contributed by atoms with Crippen molar-refractivity contribution in [3.63, 3.8) is 0 Å². The van der Waals surface area contributed by atoms with E-state index in [1.165, 1.54) is 5.56 Å². The summed E-state index contributed by atoms with van der Waals surface area (Å²) in [4.78, 5) is 13.5. The van der Waals surface area contributed by atoms with Crippen LogP contribution in [0.2, 0.25) is 0 Å². The number of nitroso groups, excluding NO2 is 1. The Morgan fingerprint density at radius 1 is 1.05 bits per heavy atom. The maximum absolute atomic E-state index is 10.8. The van der Waals surface area contributed by atoms with Crippen LogP contribution < -0.4 is 0 Å². The number of H-pyrrole nitrogens is 1. The summed E-state index contributed by atoms with van der Waals surface area (Å²) in [5, 5.41) is 13.1. The van der Waals surface area contributed by atoms with Gasteiger partial charge in [-0.2, -0.15) is 0 Å². The van der Waals surface area contributed by atoms with E-state index < -0.39 is 0 Å². The summed E-state index contributed by atoms with van der Waals surface area (Å²) in [7, 11) is 0. The fraction of sp³-hybridized carbons (Fsp3) is 0.0667. The van der Waals surface area contributed by atoms with Gasteiger partial charge in [0.25, 0.3) is 0 Å². The van der Waals surface area contributed by atoms with Crippen LogP contribution in [0.5, 0.6) is 5.88 Å². The molecule has 0 aliphatic heterocycles. The molecule has 0 bridgehead atoms. The Balaban J connectivity index is 2.20. The highest BCUT2D eigenvalue weighted by Crippen LogP contribution is 2.37. The third kappa shape index (κ3) is 1.87. The van der Waals surface area contributed by atoms with Crippen molar-refractivity contribution in [2.24, 2.45) is 5.18 Å². The van der Waals surface area contributed by atoms with Crippen molar-refractivity contribution >= 4 is 16.6 Å². The first-order valence-corrected chi connectivity index (χ1v) is 5.94. The molecule has 0 radical (unpaired) electrons. The van der Waals surface area contributed by atoms with Gasteiger partial charge in [0.2, 0.25) is 5.88 Å². The zero-order valence-electron chi connectivity index (χ0n) is 10.3. The van der Waals surface area contributed by atoms with Crippen molar-refractivity contribution < 1.29 is 5.11 Å². The minimum atomic E-state index is -0.189. The highest BCUT2D eigenvalue weighted by Gasteiger charge is 2.12. The lowest BCUT2D eigenvalue weighted by atomic mass is 10.0. The lowest BCUT2D eigenvalue weighted by Gasteiger charge is -2.02. The van der Waals surface area contributed by atoms with Crippen LogP contribution in [0.15, 0.2) is 47.6 Å². The van der Waals surface area contributed by atoms with E-state index in [1.54, 1.807) is 0 Å². The molecule has 0 saturated heterocycles. The summed E-state index contributed by atoms with van der Waals surface area (Å²) in [6, 6.07) is 13.7. The molecule has 0 amide bonds. The third-order valence-electron chi connectivity index (χ3n) is 3.23. The molecular weight excluding hydrogens is 240 g/mol. The van der Waals surface area contributed by atoms with Gasteiger partial charge in [-0.15, -0.1) is 4.91 Å². The van der Waals surface area contributed by atoms with Gasteiger partial charge in [-0.25, -0.2) is 0 Å². The molecule has 2 N–H and O–H groups in total. The maximum Gasteiger partial charge on any atom is 0.219 e. The fourth-order valence-corrected chi connectivity index (χ4v) is 2.18. The van der Waals surface area contributed by atoms with E-state index in [4.69, 9.17) is 0 Å². The maximum atomic E-state index is 10.8. The number of aryl methyl sites for hydroxylation is 1. The molecule has 19 heavy (non-hydrogen) atoms. The summed E-state index contributed by atoms with van der Waals surface area (Å²) < 4.78 is 0. The first kappa shape index (κ1) is 11.5. The molecule has 0 aliphatic carbocycles. The smallest absolute Gasteiger partial charge is 0.219 e. The number of aromatic amines is 1. The number of aromatic nitrogens is 1. The zero-order valence-corrected chi connectivity index (χ0v) is 10.3. The van der Waals surface area contributed by atoms with Gasteiger partial charge in [-0.05, 0) is 35.4 Å². The van der Waals surface area contributed by atoms with Crippen molar-refractivity contribution in [2.75, 3.05) is 0 Å². The predicted octanol–water partition coefficient (Wildman–Crippen LogP) is 4.25. The second kappa shape index (κ2) is 4.24. The van der Waals surface area contributed by atoms with Crippen molar-refractivity contribution in [1.82, 2.24) is 4.98 Å². The van der Waals surface area contributed by atoms with Crippen molar-refractivity contribution in [3.8, 4) is 17.0 Å². The molecule has 2 aromatic carbocycles. The highest BCUT2D eigenvalue weighted by molar-refractivity contribution is 5.96. The molecule has 0 aliphatic rings. The molecule has 1 heterocycles. The van der Waals surface area contributed by atoms with Crippen molar-refractivity contribution in [1.29, 1.82) is 0 Å². The minimum Gasteiger partial charge on any atom is -0.493 e. The molecule has 0 spiro atoms. The lowest BCUT2D eigenvalue weighted by molar-refractivity contribution is 0.460. The number of hydrogen-bond acceptors (Lipinski definition) is 3. The standard InChI is InChI=1S/C15H12N2O2/c1-9-2-4-10(5-3-9)11-6-7-13-12(8-11)14(17-19)15(18)16-13/h2-8,16,18H,1H3. The minimum absolute atomic E-state index is 0.0592. The van der Waals surface area contributed by atoms with Crippen LogP contribution in [0, 0.1) is 11.8 Å². The first-order chi connectivity index (χ1) is 9.19. The van der Waals surface area contributed by atoms with E-state index in [2.05, 4.69) is 10.2 Å². The Hall–Kier alpha value is -2.62. The number of benzene rings is 2. The van der Waals surface area contributed by atoms with Gasteiger partial charge in [0.15, 0.2) is 5.69 Å². The first-order valence-electron chi connectivity index (χ1n) is 5.94. The molecule has 4 nitrogen and oxygen atoms in total. The largest absolute Gasteiger partial charge is 0.493 e. The monoisotopic (exact) mass is 252 g/mol. The average Bonchev–Trinajstić information content (AvgIpc) is 2.74. The fourth-order valence-electron chi connectivity index (χ4n) is 2.18. The highest BCUT2D eigenvalue weighted by atomic mass is 16.3. The van der Waals surface area contributed by atoms with Crippen LogP contribution >= 0.6 is 0 Å². The third-order valence-corrected chi connectivity index (χ3v) is 3.23. The molecule has 0 fully saturated rings. The number of nitrogens with zero attached hydrogens (tertiary/aromatic N) is 1. The van der Waals surface area contributed by atoms with Crippen molar-refractivity contribution in [2.45, 2.75) is 6.92 Å². The normalized spacial score (nSPS) is 10.8. The Kier molecular flexibility index (Phi) is 2.56. The van der Waals surface area contributed by atoms with E-state index in [9.17, 15) is 10.0 Å². The van der Waals surface area contributed by atoms with Gasteiger partial charge in [0, 0.05) is 5.39 Å². The lowest BCUT2D eigenvalue weighted by Crippen LogP contribution is -1.78. The SMILES string of the molecule is Cc1ccc(-c2ccc3[nH]c(O)c(N=O)c3c2)cc1. The number of nitrogens with one attached hydrogen (secondary N) is 1. The second-order valence-electron chi connectivity index (χ2n) is 4.54. The van der Waals surface area contributed by atoms with E-state index >= 15 is 0 Å². The van der Waals surface area contributed by atoms with Gasteiger partial charge >= 0.3 is 0 Å². The summed E-state index contributed by atoms with van der Waals surface area (Å²) in [6.07, 6.45) is 0. The van der Waals surface area contributed by atoms with Crippen LogP contribution in [-0.4, -0.2) is 10.1 Å². The quantitative estimate of drug-likeness (QED) is 0.669. The van der Waals surface area contributed by atoms with Gasteiger partial charge in [0.05, 0.1) is 5.52 Å². The van der Waals surface area contributed by atoms with Gasteiger partial charge in [-0.3, -0.25) is 0 Å². The van der Waals surface area contributed by atoms with E-state index in [-0.39, 0.29) is 11.6 Å². The van der Waals surface area contributed by atoms with E-state index in [0.29, 0.717) is 10.9 Å². The van der Waals surface area contributed by atoms with Gasteiger partial charge < -0.3 is 10.1 Å². The van der Waals surface area contributed by atoms with Crippen molar-refractivity contribution in [3.05, 3.63) is 52.9 Å². The molecule has 0 unspecified atom stereocenters. The molecular formula is C15H12N2O2. The van der Waals surface area contributed by atoms with Crippen LogP contribution in [0.1, 0.15) is 5.56 Å². The predicted molar refractivity (Wildman–Crippen MR) is 75.6 cm³/mol. The molecule has 94 valence electrons. The number of rotatable bonds is 2. The molecule has 0 atom stereocenters. The Bertz CT molecular complexity index is 758. The van der Waals surface area contributed by atoms with Crippen LogP contribution in [0.3, 0.4) is 0 Å². The van der Waals surface area contributed by atoms with Gasteiger partial charge in [-0.1, -0.05) is 35.9 Å². The summed E-state index contributed by atoms with van der Waals surface area (Å²) in [6.45, 7) is 2.03. The van der Waals surface area contributed by atoms with E-state index in [1.807, 2.05) is 49.4 Å². The topological polar surface area (TPSA) is 65.4 Å². The zero-order chi connectivity index (χ0) is 13.4. The molecule has 4 heteroatoms. The summed E-state index contributed by atoms with van der Waals surface area (Å²) in [5.74, 6) is -0.189. The molecule has 3 rings (SSSR count). The Labute approximate surface area is 109 Å². The Morgan fingerprint density at radius 3 is 2.42 bits per heavy atom. The van der Waals surface area contributed by atoms with Crippen LogP contribution in [0.25, 0.3) is 22.0 Å². The average molecular weight is 252 g/mol. The van der Waals surface area contributed by atoms with Crippen LogP contribution in [-0.2, 0) is 0 Å². The van der Waals surface area contributed by atoms with Crippen LogP contribution in [0.4, 0.5) is 5.69 Å². The van der Waals surface area contributed by atoms with E-state index in [0.717, 1.165) is 11.1 Å². The molecule has 3 aromatic rings. The molecule has 0 saturated carbocycles. The Morgan fingerprint density at radius 2 is 1.74 bits per heavy atom. The second-order valence-corrected chi connectivity index (χ2v) is 4.54. The number of hydrogen-bond donors (Lipinski definition) is 2. The number of fused-ring (bicyclic) bond motifs is 1. The number of aromatic hydroxyl groups is 1. The summed E-state index contributed by atoms with van der Waals surface area (Å²) >= 11 is 0.